The van der Waals surface area contributed by atoms with Crippen LogP contribution in [0.15, 0.2) is 29.5 Å². The number of hydrogen-bond acceptors (Lipinski definition) is 4. The molecule has 1 radical (unpaired) electrons. The van der Waals surface area contributed by atoms with Gasteiger partial charge >= 0.3 is 0 Å². The van der Waals surface area contributed by atoms with Gasteiger partial charge in [-0.1, -0.05) is 0 Å². The maximum atomic E-state index is 4.78. The Morgan fingerprint density at radius 2 is 2.27 bits per heavy atom. The molecule has 2 rings (SSSR count). The summed E-state index contributed by atoms with van der Waals surface area (Å²) in [5, 5.41) is 0. The maximum absolute atomic E-state index is 4.78. The third-order valence-corrected chi connectivity index (χ3v) is 1.22. The summed E-state index contributed by atoms with van der Waals surface area (Å²) in [4.78, 5) is 11.7. The molecule has 0 N–H and O–H groups in total. The zero-order valence-corrected chi connectivity index (χ0v) is 5.56. The summed E-state index contributed by atoms with van der Waals surface area (Å²) >= 11 is 0. The van der Waals surface area contributed by atoms with Gasteiger partial charge in [0.1, 0.15) is 23.8 Å². The molecule has 0 saturated heterocycles. The molecule has 4 heteroatoms. The van der Waals surface area contributed by atoms with Crippen molar-refractivity contribution >= 4 is 0 Å². The maximum Gasteiger partial charge on any atom is 0.181 e. The first-order chi connectivity index (χ1) is 5.47. The standard InChI is InChI=1S/C7H4N3O/c1-2-9-6(3-8-1)7-4-11-5-10-7/h2-5H. The molecule has 2 aromatic heterocycles. The van der Waals surface area contributed by atoms with E-state index in [-0.39, 0.29) is 0 Å². The Labute approximate surface area is 62.9 Å². The van der Waals surface area contributed by atoms with Crippen molar-refractivity contribution in [3.05, 3.63) is 31.2 Å². The number of aromatic nitrogens is 3. The van der Waals surface area contributed by atoms with Crippen LogP contribution >= 0.6 is 0 Å². The molecule has 0 amide bonds. The van der Waals surface area contributed by atoms with E-state index in [0.29, 0.717) is 11.4 Å². The summed E-state index contributed by atoms with van der Waals surface area (Å²) in [6.45, 7) is 0. The number of nitrogens with zero attached hydrogens (tertiary/aromatic N) is 3. The second-order valence-corrected chi connectivity index (χ2v) is 1.90. The van der Waals surface area contributed by atoms with Gasteiger partial charge in [-0.05, 0) is 0 Å². The predicted molar refractivity (Wildman–Crippen MR) is 36.4 cm³/mol. The molecule has 0 aliphatic carbocycles. The second-order valence-electron chi connectivity index (χ2n) is 1.90. The quantitative estimate of drug-likeness (QED) is 0.600. The molecule has 0 atom stereocenters. The lowest BCUT2D eigenvalue weighted by molar-refractivity contribution is 0.558. The predicted octanol–water partition coefficient (Wildman–Crippen LogP) is 0.932. The minimum Gasteiger partial charge on any atom is -0.451 e. The average Bonchev–Trinajstić information content (AvgIpc) is 2.58. The lowest BCUT2D eigenvalue weighted by atomic mass is 10.4. The Balaban J connectivity index is 2.46. The normalized spacial score (nSPS) is 9.82. The van der Waals surface area contributed by atoms with Gasteiger partial charge in [-0.25, -0.2) is 4.98 Å². The van der Waals surface area contributed by atoms with Crippen LogP contribution in [0.1, 0.15) is 0 Å². The topological polar surface area (TPSA) is 51.8 Å². The number of hydrogen-bond donors (Lipinski definition) is 0. The summed E-state index contributed by atoms with van der Waals surface area (Å²) in [6, 6.07) is 0. The van der Waals surface area contributed by atoms with Gasteiger partial charge < -0.3 is 4.42 Å². The summed E-state index contributed by atoms with van der Waals surface area (Å²) in [5.41, 5.74) is 1.38. The van der Waals surface area contributed by atoms with Crippen LogP contribution in [0.5, 0.6) is 0 Å². The smallest absolute Gasteiger partial charge is 0.181 e. The SMILES string of the molecule is [c]1cnc(-c2cocn2)cn1. The van der Waals surface area contributed by atoms with E-state index in [1.165, 1.54) is 18.9 Å². The van der Waals surface area contributed by atoms with Crippen LogP contribution in [0, 0.1) is 6.20 Å². The monoisotopic (exact) mass is 146 g/mol. The van der Waals surface area contributed by atoms with Gasteiger partial charge in [-0.2, -0.15) is 0 Å². The van der Waals surface area contributed by atoms with E-state index in [9.17, 15) is 0 Å². The molecule has 0 bridgehead atoms. The molecule has 2 aromatic rings. The van der Waals surface area contributed by atoms with Gasteiger partial charge in [0.25, 0.3) is 0 Å². The molecular weight excluding hydrogens is 142 g/mol. The van der Waals surface area contributed by atoms with E-state index < -0.39 is 0 Å². The molecule has 0 saturated carbocycles. The molecule has 0 aliphatic rings. The van der Waals surface area contributed by atoms with E-state index >= 15 is 0 Å². The zero-order valence-electron chi connectivity index (χ0n) is 5.56. The van der Waals surface area contributed by atoms with Crippen LogP contribution in [0.3, 0.4) is 0 Å². The van der Waals surface area contributed by atoms with E-state index in [4.69, 9.17) is 4.42 Å². The summed E-state index contributed by atoms with van der Waals surface area (Å²) in [7, 11) is 0. The van der Waals surface area contributed by atoms with Gasteiger partial charge in [0, 0.05) is 0 Å². The Morgan fingerprint density at radius 3 is 2.91 bits per heavy atom. The van der Waals surface area contributed by atoms with E-state index in [2.05, 4.69) is 21.1 Å². The molecule has 11 heavy (non-hydrogen) atoms. The average molecular weight is 146 g/mol. The highest BCUT2D eigenvalue weighted by molar-refractivity contribution is 5.49. The fraction of sp³-hybridized carbons (Fsp3) is 0. The van der Waals surface area contributed by atoms with Crippen molar-refractivity contribution in [2.75, 3.05) is 0 Å². The fourth-order valence-corrected chi connectivity index (χ4v) is 0.735. The Kier molecular flexibility index (Phi) is 1.37. The number of oxazole rings is 1. The molecule has 2 heterocycles. The number of rotatable bonds is 1. The van der Waals surface area contributed by atoms with Crippen molar-refractivity contribution in [1.82, 2.24) is 15.0 Å². The van der Waals surface area contributed by atoms with Crippen LogP contribution < -0.4 is 0 Å². The highest BCUT2D eigenvalue weighted by Crippen LogP contribution is 2.10. The first kappa shape index (κ1) is 6.03. The Bertz CT molecular complexity index is 317. The Morgan fingerprint density at radius 1 is 1.27 bits per heavy atom. The largest absolute Gasteiger partial charge is 0.451 e. The first-order valence-corrected chi connectivity index (χ1v) is 3.03. The van der Waals surface area contributed by atoms with E-state index in [1.807, 2.05) is 0 Å². The van der Waals surface area contributed by atoms with Crippen LogP contribution in [0.2, 0.25) is 0 Å². The van der Waals surface area contributed by atoms with Crippen LogP contribution in [-0.2, 0) is 0 Å². The third kappa shape index (κ3) is 1.10. The van der Waals surface area contributed by atoms with Crippen molar-refractivity contribution < 1.29 is 4.42 Å². The van der Waals surface area contributed by atoms with Gasteiger partial charge in [0.2, 0.25) is 0 Å². The van der Waals surface area contributed by atoms with Crippen molar-refractivity contribution in [2.45, 2.75) is 0 Å². The van der Waals surface area contributed by atoms with E-state index in [1.54, 1.807) is 6.20 Å². The minimum atomic E-state index is 0.687. The van der Waals surface area contributed by atoms with Crippen LogP contribution in [-0.4, -0.2) is 15.0 Å². The molecule has 0 aromatic carbocycles. The summed E-state index contributed by atoms with van der Waals surface area (Å²) in [5.74, 6) is 0. The molecule has 4 nitrogen and oxygen atoms in total. The van der Waals surface area contributed by atoms with Gasteiger partial charge in [0.15, 0.2) is 6.39 Å². The van der Waals surface area contributed by atoms with Gasteiger partial charge in [-0.15, -0.1) is 0 Å². The Hall–Kier alpha value is -1.71. The van der Waals surface area contributed by atoms with E-state index in [0.717, 1.165) is 0 Å². The molecule has 0 fully saturated rings. The molecule has 0 spiro atoms. The third-order valence-electron chi connectivity index (χ3n) is 1.22. The summed E-state index contributed by atoms with van der Waals surface area (Å²) in [6.07, 6.45) is 8.52. The first-order valence-electron chi connectivity index (χ1n) is 3.03. The van der Waals surface area contributed by atoms with Crippen molar-refractivity contribution in [3.8, 4) is 11.4 Å². The highest BCUT2D eigenvalue weighted by Gasteiger charge is 1.99. The van der Waals surface area contributed by atoms with Gasteiger partial charge in [-0.3, -0.25) is 9.97 Å². The lowest BCUT2D eigenvalue weighted by Gasteiger charge is -1.88. The molecule has 0 aliphatic heterocycles. The van der Waals surface area contributed by atoms with Crippen molar-refractivity contribution in [1.29, 1.82) is 0 Å². The zero-order chi connectivity index (χ0) is 7.52. The molecule has 53 valence electrons. The van der Waals surface area contributed by atoms with Gasteiger partial charge in [0.05, 0.1) is 12.4 Å². The van der Waals surface area contributed by atoms with Crippen molar-refractivity contribution in [3.63, 3.8) is 0 Å². The molecular formula is C7H4N3O. The second kappa shape index (κ2) is 2.49. The summed E-state index contributed by atoms with van der Waals surface area (Å²) < 4.78 is 4.78. The fourth-order valence-electron chi connectivity index (χ4n) is 0.735. The highest BCUT2D eigenvalue weighted by atomic mass is 16.3. The van der Waals surface area contributed by atoms with Crippen LogP contribution in [0.25, 0.3) is 11.4 Å². The van der Waals surface area contributed by atoms with Crippen LogP contribution in [0.4, 0.5) is 0 Å². The minimum absolute atomic E-state index is 0.687. The molecule has 0 unspecified atom stereocenters. The lowest BCUT2D eigenvalue weighted by Crippen LogP contribution is -1.82. The van der Waals surface area contributed by atoms with Crippen molar-refractivity contribution in [2.24, 2.45) is 0 Å².